The lowest BCUT2D eigenvalue weighted by Gasteiger charge is -2.20. The first-order valence-electron chi connectivity index (χ1n) is 6.47. The summed E-state index contributed by atoms with van der Waals surface area (Å²) in [6.45, 7) is 6.53. The normalized spacial score (nSPS) is 21.5. The zero-order valence-corrected chi connectivity index (χ0v) is 11.1. The molecule has 0 spiro atoms. The van der Waals surface area contributed by atoms with Gasteiger partial charge in [-0.15, -0.1) is 5.10 Å². The smallest absolute Gasteiger partial charge is 0.0824 e. The van der Waals surface area contributed by atoms with Gasteiger partial charge in [0.15, 0.2) is 0 Å². The molecule has 1 aliphatic heterocycles. The van der Waals surface area contributed by atoms with E-state index in [-0.39, 0.29) is 0 Å². The molecule has 0 amide bonds. The molecule has 1 fully saturated rings. The first kappa shape index (κ1) is 12.5. The van der Waals surface area contributed by atoms with Crippen LogP contribution in [0.3, 0.4) is 0 Å². The van der Waals surface area contributed by atoms with E-state index in [0.717, 1.165) is 31.2 Å². The minimum atomic E-state index is 0.719. The Morgan fingerprint density at radius 3 is 2.82 bits per heavy atom. The van der Waals surface area contributed by atoms with Crippen molar-refractivity contribution >= 4 is 0 Å². The van der Waals surface area contributed by atoms with Crippen molar-refractivity contribution in [3.8, 4) is 0 Å². The van der Waals surface area contributed by atoms with Gasteiger partial charge in [0, 0.05) is 25.3 Å². The minimum absolute atomic E-state index is 0.719. The standard InChI is InChI=1S/C12H23N5/c1-4-11-9-17(14-13-11)8-7-16-6-5-12(10-16)15(2)3/h9,12H,4-8,10H2,1-3H3. The van der Waals surface area contributed by atoms with Gasteiger partial charge in [-0.1, -0.05) is 12.1 Å². The molecular formula is C12H23N5. The molecule has 0 aromatic carbocycles. The van der Waals surface area contributed by atoms with Crippen molar-refractivity contribution in [3.63, 3.8) is 0 Å². The van der Waals surface area contributed by atoms with Crippen molar-refractivity contribution in [1.29, 1.82) is 0 Å². The van der Waals surface area contributed by atoms with E-state index in [1.54, 1.807) is 0 Å². The summed E-state index contributed by atoms with van der Waals surface area (Å²) >= 11 is 0. The predicted molar refractivity (Wildman–Crippen MR) is 67.9 cm³/mol. The zero-order chi connectivity index (χ0) is 12.3. The van der Waals surface area contributed by atoms with Crippen LogP contribution in [-0.2, 0) is 13.0 Å². The molecule has 1 saturated heterocycles. The van der Waals surface area contributed by atoms with Gasteiger partial charge in [-0.05, 0) is 33.5 Å². The lowest BCUT2D eigenvalue weighted by Crippen LogP contribution is -2.32. The Morgan fingerprint density at radius 1 is 1.41 bits per heavy atom. The van der Waals surface area contributed by atoms with Crippen LogP contribution in [0.15, 0.2) is 6.20 Å². The molecule has 17 heavy (non-hydrogen) atoms. The summed E-state index contributed by atoms with van der Waals surface area (Å²) < 4.78 is 1.96. The largest absolute Gasteiger partial charge is 0.305 e. The molecule has 5 nitrogen and oxygen atoms in total. The fraction of sp³-hybridized carbons (Fsp3) is 0.833. The number of hydrogen-bond donors (Lipinski definition) is 0. The third kappa shape index (κ3) is 3.26. The van der Waals surface area contributed by atoms with Crippen molar-refractivity contribution in [2.45, 2.75) is 32.4 Å². The molecule has 0 saturated carbocycles. The molecule has 1 unspecified atom stereocenters. The lowest BCUT2D eigenvalue weighted by atomic mass is 10.2. The number of hydrogen-bond acceptors (Lipinski definition) is 4. The van der Waals surface area contributed by atoms with E-state index in [1.165, 1.54) is 19.5 Å². The number of rotatable bonds is 5. The van der Waals surface area contributed by atoms with Gasteiger partial charge < -0.3 is 4.90 Å². The highest BCUT2D eigenvalue weighted by Gasteiger charge is 2.23. The highest BCUT2D eigenvalue weighted by Crippen LogP contribution is 2.12. The number of aryl methyl sites for hydroxylation is 1. The molecule has 0 radical (unpaired) electrons. The SMILES string of the molecule is CCc1cn(CCN2CCC(N(C)C)C2)nn1. The maximum atomic E-state index is 4.13. The van der Waals surface area contributed by atoms with E-state index in [4.69, 9.17) is 0 Å². The third-order valence-corrected chi connectivity index (χ3v) is 3.57. The van der Waals surface area contributed by atoms with Gasteiger partial charge in [0.05, 0.1) is 12.2 Å². The number of aromatic nitrogens is 3. The molecule has 1 aliphatic rings. The van der Waals surface area contributed by atoms with Gasteiger partial charge in [-0.25, -0.2) is 0 Å². The van der Waals surface area contributed by atoms with Crippen molar-refractivity contribution in [2.24, 2.45) is 0 Å². The summed E-state index contributed by atoms with van der Waals surface area (Å²) in [4.78, 5) is 4.84. The van der Waals surface area contributed by atoms with E-state index >= 15 is 0 Å². The Kier molecular flexibility index (Phi) is 4.12. The Morgan fingerprint density at radius 2 is 2.24 bits per heavy atom. The van der Waals surface area contributed by atoms with Crippen LogP contribution in [0.4, 0.5) is 0 Å². The average Bonchev–Trinajstić information content (AvgIpc) is 2.95. The van der Waals surface area contributed by atoms with Crippen molar-refractivity contribution in [3.05, 3.63) is 11.9 Å². The molecule has 2 heterocycles. The number of nitrogens with zero attached hydrogens (tertiary/aromatic N) is 5. The lowest BCUT2D eigenvalue weighted by molar-refractivity contribution is 0.260. The highest BCUT2D eigenvalue weighted by molar-refractivity contribution is 4.91. The van der Waals surface area contributed by atoms with Gasteiger partial charge >= 0.3 is 0 Å². The zero-order valence-electron chi connectivity index (χ0n) is 11.1. The van der Waals surface area contributed by atoms with Gasteiger partial charge in [0.25, 0.3) is 0 Å². The third-order valence-electron chi connectivity index (χ3n) is 3.57. The van der Waals surface area contributed by atoms with Crippen LogP contribution < -0.4 is 0 Å². The fourth-order valence-corrected chi connectivity index (χ4v) is 2.29. The maximum absolute atomic E-state index is 4.13. The maximum Gasteiger partial charge on any atom is 0.0824 e. The Balaban J connectivity index is 1.76. The van der Waals surface area contributed by atoms with Crippen molar-refractivity contribution in [1.82, 2.24) is 24.8 Å². The summed E-state index contributed by atoms with van der Waals surface area (Å²) in [6, 6.07) is 0.719. The van der Waals surface area contributed by atoms with Crippen LogP contribution in [0.1, 0.15) is 19.0 Å². The van der Waals surface area contributed by atoms with E-state index in [2.05, 4.69) is 47.3 Å². The molecule has 0 N–H and O–H groups in total. The first-order valence-corrected chi connectivity index (χ1v) is 6.47. The van der Waals surface area contributed by atoms with Crippen molar-refractivity contribution < 1.29 is 0 Å². The molecule has 0 aliphatic carbocycles. The summed E-state index contributed by atoms with van der Waals surface area (Å²) in [7, 11) is 4.33. The number of likely N-dealkylation sites (N-methyl/N-ethyl adjacent to an activating group) is 1. The van der Waals surface area contributed by atoms with Crippen LogP contribution in [-0.4, -0.2) is 64.6 Å². The summed E-state index contributed by atoms with van der Waals surface area (Å²) in [6.07, 6.45) is 4.30. The van der Waals surface area contributed by atoms with E-state index < -0.39 is 0 Å². The molecule has 5 heteroatoms. The molecular weight excluding hydrogens is 214 g/mol. The molecule has 96 valence electrons. The summed E-state index contributed by atoms with van der Waals surface area (Å²) in [5, 5.41) is 8.24. The van der Waals surface area contributed by atoms with Crippen LogP contribution in [0, 0.1) is 0 Å². The quantitative estimate of drug-likeness (QED) is 0.746. The van der Waals surface area contributed by atoms with Crippen molar-refractivity contribution in [2.75, 3.05) is 33.7 Å². The second-order valence-corrected chi connectivity index (χ2v) is 5.03. The highest BCUT2D eigenvalue weighted by atomic mass is 15.4. The van der Waals surface area contributed by atoms with Crippen LogP contribution in [0.5, 0.6) is 0 Å². The fourth-order valence-electron chi connectivity index (χ4n) is 2.29. The van der Waals surface area contributed by atoms with E-state index in [9.17, 15) is 0 Å². The van der Waals surface area contributed by atoms with Crippen LogP contribution in [0.25, 0.3) is 0 Å². The molecule has 0 bridgehead atoms. The second-order valence-electron chi connectivity index (χ2n) is 5.03. The van der Waals surface area contributed by atoms with E-state index in [1.807, 2.05) is 4.68 Å². The molecule has 2 rings (SSSR count). The summed E-state index contributed by atoms with van der Waals surface area (Å²) in [5.74, 6) is 0. The van der Waals surface area contributed by atoms with Crippen LogP contribution >= 0.6 is 0 Å². The van der Waals surface area contributed by atoms with E-state index in [0.29, 0.717) is 0 Å². The Hall–Kier alpha value is -0.940. The monoisotopic (exact) mass is 237 g/mol. The number of likely N-dealkylation sites (tertiary alicyclic amines) is 1. The Labute approximate surface area is 103 Å². The summed E-state index contributed by atoms with van der Waals surface area (Å²) in [5.41, 5.74) is 1.08. The predicted octanol–water partition coefficient (Wildman–Crippen LogP) is 0.476. The minimum Gasteiger partial charge on any atom is -0.305 e. The molecule has 1 aromatic rings. The molecule has 1 aromatic heterocycles. The van der Waals surface area contributed by atoms with Gasteiger partial charge in [0.2, 0.25) is 0 Å². The van der Waals surface area contributed by atoms with Gasteiger partial charge in [-0.2, -0.15) is 0 Å². The second kappa shape index (κ2) is 5.60. The average molecular weight is 237 g/mol. The Bertz CT molecular complexity index is 346. The van der Waals surface area contributed by atoms with Crippen LogP contribution in [0.2, 0.25) is 0 Å². The topological polar surface area (TPSA) is 37.2 Å². The molecule has 1 atom stereocenters. The first-order chi connectivity index (χ1) is 8.19. The van der Waals surface area contributed by atoms with Gasteiger partial charge in [0.1, 0.15) is 0 Å². The van der Waals surface area contributed by atoms with Gasteiger partial charge in [-0.3, -0.25) is 9.58 Å².